The van der Waals surface area contributed by atoms with Crippen LogP contribution in [0.2, 0.25) is 0 Å². The topological polar surface area (TPSA) is 113 Å². The van der Waals surface area contributed by atoms with Crippen LogP contribution in [0, 0.1) is 0 Å². The molecule has 0 radical (unpaired) electrons. The molecule has 4 aromatic rings. The monoisotopic (exact) mass is 406 g/mol. The van der Waals surface area contributed by atoms with Crippen molar-refractivity contribution in [2.24, 2.45) is 0 Å². The molecule has 2 aromatic heterocycles. The first-order valence-electron chi connectivity index (χ1n) is 9.23. The molecule has 1 fully saturated rings. The van der Waals surface area contributed by atoms with Gasteiger partial charge in [-0.1, -0.05) is 12.1 Å². The number of anilines is 2. The van der Waals surface area contributed by atoms with E-state index in [1.807, 2.05) is 24.3 Å². The molecular formula is C20H18N6O2S. The van der Waals surface area contributed by atoms with E-state index in [-0.39, 0.29) is 10.9 Å². The third-order valence-electron chi connectivity index (χ3n) is 4.67. The molecule has 2 heterocycles. The SMILES string of the molecule is O=S(=O)(NC1CC1)c1cccc(Nc2nccc(-c3ccc4[nH]cnc4c3)n2)c1. The predicted molar refractivity (Wildman–Crippen MR) is 110 cm³/mol. The molecule has 0 amide bonds. The van der Waals surface area contributed by atoms with E-state index >= 15 is 0 Å². The molecule has 1 aliphatic rings. The highest BCUT2D eigenvalue weighted by atomic mass is 32.2. The minimum Gasteiger partial charge on any atom is -0.345 e. The third-order valence-corrected chi connectivity index (χ3v) is 6.19. The van der Waals surface area contributed by atoms with Gasteiger partial charge >= 0.3 is 0 Å². The largest absolute Gasteiger partial charge is 0.345 e. The van der Waals surface area contributed by atoms with Crippen LogP contribution in [0.15, 0.2) is 66.0 Å². The highest BCUT2D eigenvalue weighted by Crippen LogP contribution is 2.25. The van der Waals surface area contributed by atoms with Crippen LogP contribution in [0.4, 0.5) is 11.6 Å². The maximum atomic E-state index is 12.4. The van der Waals surface area contributed by atoms with E-state index in [1.165, 1.54) is 0 Å². The fourth-order valence-electron chi connectivity index (χ4n) is 3.03. The van der Waals surface area contributed by atoms with Gasteiger partial charge in [0.1, 0.15) is 0 Å². The zero-order valence-electron chi connectivity index (χ0n) is 15.3. The van der Waals surface area contributed by atoms with Crippen LogP contribution in [-0.2, 0) is 10.0 Å². The van der Waals surface area contributed by atoms with Crippen molar-refractivity contribution in [2.75, 3.05) is 5.32 Å². The molecule has 146 valence electrons. The molecule has 0 unspecified atom stereocenters. The van der Waals surface area contributed by atoms with Gasteiger partial charge in [-0.3, -0.25) is 0 Å². The van der Waals surface area contributed by atoms with Gasteiger partial charge in [0.2, 0.25) is 16.0 Å². The summed E-state index contributed by atoms with van der Waals surface area (Å²) in [6.45, 7) is 0. The van der Waals surface area contributed by atoms with E-state index in [0.717, 1.165) is 35.1 Å². The first-order chi connectivity index (χ1) is 14.1. The molecule has 9 heteroatoms. The maximum absolute atomic E-state index is 12.4. The fraction of sp³-hybridized carbons (Fsp3) is 0.150. The summed E-state index contributed by atoms with van der Waals surface area (Å²) in [5.41, 5.74) is 4.07. The Kier molecular flexibility index (Phi) is 4.26. The summed E-state index contributed by atoms with van der Waals surface area (Å²) in [5, 5.41) is 3.09. The number of sulfonamides is 1. The Balaban J connectivity index is 1.41. The third kappa shape index (κ3) is 3.82. The van der Waals surface area contributed by atoms with Crippen molar-refractivity contribution in [3.05, 3.63) is 61.1 Å². The van der Waals surface area contributed by atoms with Gasteiger partial charge < -0.3 is 10.3 Å². The Hall–Kier alpha value is -3.30. The first-order valence-corrected chi connectivity index (χ1v) is 10.7. The number of aromatic amines is 1. The molecule has 5 rings (SSSR count). The molecule has 1 aliphatic carbocycles. The van der Waals surface area contributed by atoms with E-state index in [2.05, 4.69) is 30.0 Å². The molecule has 0 bridgehead atoms. The van der Waals surface area contributed by atoms with Crippen LogP contribution < -0.4 is 10.0 Å². The number of fused-ring (bicyclic) bond motifs is 1. The van der Waals surface area contributed by atoms with Gasteiger partial charge in [-0.05, 0) is 49.2 Å². The molecule has 0 atom stereocenters. The molecule has 8 nitrogen and oxygen atoms in total. The van der Waals surface area contributed by atoms with Gasteiger partial charge in [0.05, 0.1) is 28.0 Å². The van der Waals surface area contributed by atoms with Gasteiger partial charge in [-0.2, -0.15) is 0 Å². The molecule has 0 aliphatic heterocycles. The smallest absolute Gasteiger partial charge is 0.240 e. The lowest BCUT2D eigenvalue weighted by Gasteiger charge is -2.09. The molecule has 0 spiro atoms. The number of nitrogens with one attached hydrogen (secondary N) is 3. The van der Waals surface area contributed by atoms with Crippen molar-refractivity contribution < 1.29 is 8.42 Å². The highest BCUT2D eigenvalue weighted by Gasteiger charge is 2.28. The summed E-state index contributed by atoms with van der Waals surface area (Å²) < 4.78 is 27.6. The number of H-pyrrole nitrogens is 1. The molecule has 2 aromatic carbocycles. The highest BCUT2D eigenvalue weighted by molar-refractivity contribution is 7.89. The van der Waals surface area contributed by atoms with Gasteiger partial charge in [0.15, 0.2) is 0 Å². The summed E-state index contributed by atoms with van der Waals surface area (Å²) in [6, 6.07) is 14.4. The molecule has 3 N–H and O–H groups in total. The Bertz CT molecular complexity index is 1300. The first kappa shape index (κ1) is 17.8. The van der Waals surface area contributed by atoms with Crippen molar-refractivity contribution >= 4 is 32.7 Å². The van der Waals surface area contributed by atoms with E-state index in [4.69, 9.17) is 0 Å². The normalized spacial score (nSPS) is 14.2. The average Bonchev–Trinajstić information content (AvgIpc) is 3.39. The summed E-state index contributed by atoms with van der Waals surface area (Å²) >= 11 is 0. The van der Waals surface area contributed by atoms with E-state index in [9.17, 15) is 8.42 Å². The number of rotatable bonds is 6. The summed E-state index contributed by atoms with van der Waals surface area (Å²) in [7, 11) is -3.52. The number of imidazole rings is 1. The summed E-state index contributed by atoms with van der Waals surface area (Å²) in [4.78, 5) is 16.4. The quantitative estimate of drug-likeness (QED) is 0.453. The Labute approximate surface area is 167 Å². The fourth-order valence-corrected chi connectivity index (χ4v) is 4.38. The van der Waals surface area contributed by atoms with Crippen molar-refractivity contribution in [1.82, 2.24) is 24.7 Å². The second-order valence-electron chi connectivity index (χ2n) is 6.95. The summed E-state index contributed by atoms with van der Waals surface area (Å²) in [5.74, 6) is 0.384. The number of nitrogens with zero attached hydrogens (tertiary/aromatic N) is 3. The maximum Gasteiger partial charge on any atom is 0.240 e. The summed E-state index contributed by atoms with van der Waals surface area (Å²) in [6.07, 6.45) is 5.10. The zero-order chi connectivity index (χ0) is 19.8. The number of hydrogen-bond donors (Lipinski definition) is 3. The van der Waals surface area contributed by atoms with Crippen LogP contribution in [0.5, 0.6) is 0 Å². The second kappa shape index (κ2) is 6.94. The molecule has 0 saturated heterocycles. The number of aromatic nitrogens is 4. The Morgan fingerprint density at radius 3 is 2.79 bits per heavy atom. The average molecular weight is 406 g/mol. The van der Waals surface area contributed by atoms with Crippen LogP contribution in [-0.4, -0.2) is 34.4 Å². The van der Waals surface area contributed by atoms with Crippen molar-refractivity contribution in [3.8, 4) is 11.3 Å². The lowest BCUT2D eigenvalue weighted by molar-refractivity contribution is 0.581. The van der Waals surface area contributed by atoms with Gasteiger partial charge in [-0.25, -0.2) is 28.1 Å². The van der Waals surface area contributed by atoms with Crippen LogP contribution >= 0.6 is 0 Å². The Morgan fingerprint density at radius 2 is 1.93 bits per heavy atom. The molecule has 29 heavy (non-hydrogen) atoms. The lowest BCUT2D eigenvalue weighted by atomic mass is 10.1. The van der Waals surface area contributed by atoms with E-state index in [1.54, 1.807) is 36.8 Å². The second-order valence-corrected chi connectivity index (χ2v) is 8.66. The van der Waals surface area contributed by atoms with E-state index < -0.39 is 10.0 Å². The van der Waals surface area contributed by atoms with Gasteiger partial charge in [-0.15, -0.1) is 0 Å². The van der Waals surface area contributed by atoms with Crippen molar-refractivity contribution in [2.45, 2.75) is 23.8 Å². The lowest BCUT2D eigenvalue weighted by Crippen LogP contribution is -2.25. The zero-order valence-corrected chi connectivity index (χ0v) is 16.1. The van der Waals surface area contributed by atoms with Gasteiger partial charge in [0, 0.05) is 23.5 Å². The van der Waals surface area contributed by atoms with Crippen LogP contribution in [0.3, 0.4) is 0 Å². The van der Waals surface area contributed by atoms with Gasteiger partial charge in [0.25, 0.3) is 0 Å². The van der Waals surface area contributed by atoms with Crippen LogP contribution in [0.1, 0.15) is 12.8 Å². The van der Waals surface area contributed by atoms with Crippen LogP contribution in [0.25, 0.3) is 22.3 Å². The van der Waals surface area contributed by atoms with Crippen molar-refractivity contribution in [3.63, 3.8) is 0 Å². The number of benzene rings is 2. The van der Waals surface area contributed by atoms with E-state index in [0.29, 0.717) is 11.6 Å². The molecule has 1 saturated carbocycles. The molecular weight excluding hydrogens is 388 g/mol. The standard InChI is InChI=1S/C20H18N6O2S/c27-29(28,26-14-5-6-14)16-3-1-2-15(11-16)24-20-21-9-8-17(25-20)13-4-7-18-19(10-13)23-12-22-18/h1-4,7-12,14,26H,5-6H2,(H,22,23)(H,21,24,25). The predicted octanol–water partition coefficient (Wildman–Crippen LogP) is 3.20. The van der Waals surface area contributed by atoms with Crippen molar-refractivity contribution in [1.29, 1.82) is 0 Å². The minimum atomic E-state index is -3.52. The number of hydrogen-bond acceptors (Lipinski definition) is 6. The minimum absolute atomic E-state index is 0.0588. The Morgan fingerprint density at radius 1 is 1.03 bits per heavy atom.